The molecule has 0 amide bonds. The van der Waals surface area contributed by atoms with Gasteiger partial charge in [-0.15, -0.1) is 0 Å². The fourth-order valence-corrected chi connectivity index (χ4v) is 3.73. The number of nitrogens with one attached hydrogen (secondary N) is 2. The van der Waals surface area contributed by atoms with Crippen LogP contribution in [0.15, 0.2) is 4.99 Å². The van der Waals surface area contributed by atoms with Crippen molar-refractivity contribution in [3.05, 3.63) is 0 Å². The summed E-state index contributed by atoms with van der Waals surface area (Å²) in [6.07, 6.45) is 11.7. The molecule has 1 heterocycles. The quantitative estimate of drug-likeness (QED) is 0.359. The van der Waals surface area contributed by atoms with Gasteiger partial charge in [0.05, 0.1) is 0 Å². The van der Waals surface area contributed by atoms with Crippen molar-refractivity contribution in [2.45, 2.75) is 64.7 Å². The number of hydrogen-bond acceptors (Lipinski definition) is 3. The van der Waals surface area contributed by atoms with Crippen molar-refractivity contribution in [2.24, 2.45) is 16.8 Å². The van der Waals surface area contributed by atoms with Gasteiger partial charge in [0.2, 0.25) is 0 Å². The fourth-order valence-electron chi connectivity index (χ4n) is 3.73. The molecule has 0 aromatic heterocycles. The van der Waals surface area contributed by atoms with E-state index in [2.05, 4.69) is 22.5 Å². The van der Waals surface area contributed by atoms with E-state index >= 15 is 0 Å². The van der Waals surface area contributed by atoms with E-state index in [0.717, 1.165) is 77.2 Å². The van der Waals surface area contributed by atoms with E-state index in [4.69, 9.17) is 9.47 Å². The molecule has 0 bridgehead atoms. The first kappa shape index (κ1) is 20.5. The lowest BCUT2D eigenvalue weighted by atomic mass is 9.87. The average Bonchev–Trinajstić information content (AvgIpc) is 2.66. The molecule has 0 aromatic carbocycles. The highest BCUT2D eigenvalue weighted by Crippen LogP contribution is 2.25. The summed E-state index contributed by atoms with van der Waals surface area (Å²) in [6, 6.07) is 0. The maximum absolute atomic E-state index is 5.81. The third-order valence-electron chi connectivity index (χ3n) is 5.33. The van der Waals surface area contributed by atoms with Gasteiger partial charge in [-0.1, -0.05) is 32.1 Å². The number of nitrogens with zero attached hydrogens (tertiary/aromatic N) is 1. The maximum Gasteiger partial charge on any atom is 0.191 e. The normalized spacial score (nSPS) is 20.6. The van der Waals surface area contributed by atoms with Crippen LogP contribution in [0.3, 0.4) is 0 Å². The molecule has 2 aliphatic rings. The molecular formula is C20H39N3O2. The van der Waals surface area contributed by atoms with Crippen LogP contribution in [0.2, 0.25) is 0 Å². The summed E-state index contributed by atoms with van der Waals surface area (Å²) in [4.78, 5) is 4.67. The van der Waals surface area contributed by atoms with E-state index in [1.807, 2.05) is 0 Å². The third-order valence-corrected chi connectivity index (χ3v) is 5.33. The van der Waals surface area contributed by atoms with Crippen molar-refractivity contribution >= 4 is 5.96 Å². The SMILES string of the molecule is CCNC(=NCCCOCC1CCOCC1)NCCC1CCCCC1. The first-order valence-electron chi connectivity index (χ1n) is 10.6. The van der Waals surface area contributed by atoms with E-state index in [0.29, 0.717) is 5.92 Å². The van der Waals surface area contributed by atoms with Crippen LogP contribution in [0.1, 0.15) is 64.7 Å². The van der Waals surface area contributed by atoms with Gasteiger partial charge >= 0.3 is 0 Å². The van der Waals surface area contributed by atoms with E-state index in [1.165, 1.54) is 38.5 Å². The zero-order valence-electron chi connectivity index (χ0n) is 16.2. The Hall–Kier alpha value is -0.810. The first-order chi connectivity index (χ1) is 12.4. The van der Waals surface area contributed by atoms with Crippen LogP contribution >= 0.6 is 0 Å². The summed E-state index contributed by atoms with van der Waals surface area (Å²) < 4.78 is 11.2. The van der Waals surface area contributed by atoms with E-state index in [9.17, 15) is 0 Å². The molecule has 0 aromatic rings. The van der Waals surface area contributed by atoms with E-state index in [-0.39, 0.29) is 0 Å². The summed E-state index contributed by atoms with van der Waals surface area (Å²) >= 11 is 0. The van der Waals surface area contributed by atoms with Crippen molar-refractivity contribution in [1.29, 1.82) is 0 Å². The highest BCUT2D eigenvalue weighted by Gasteiger charge is 2.14. The molecule has 1 aliphatic heterocycles. The fraction of sp³-hybridized carbons (Fsp3) is 0.950. The molecule has 1 aliphatic carbocycles. The van der Waals surface area contributed by atoms with E-state index < -0.39 is 0 Å². The molecule has 1 saturated carbocycles. The minimum absolute atomic E-state index is 0.691. The van der Waals surface area contributed by atoms with Crippen LogP contribution in [-0.2, 0) is 9.47 Å². The molecule has 0 atom stereocenters. The standard InChI is InChI=1S/C20H39N3O2/c1-2-21-20(23-13-9-18-7-4-3-5-8-18)22-12-6-14-25-17-19-10-15-24-16-11-19/h18-19H,2-17H2,1H3,(H2,21,22,23). The second kappa shape index (κ2) is 13.4. The summed E-state index contributed by atoms with van der Waals surface area (Å²) in [6.45, 7) is 8.39. The molecule has 0 radical (unpaired) electrons. The Morgan fingerprint density at radius 2 is 1.84 bits per heavy atom. The summed E-state index contributed by atoms with van der Waals surface area (Å²) in [5.74, 6) is 2.57. The molecule has 1 saturated heterocycles. The zero-order chi connectivity index (χ0) is 17.6. The van der Waals surface area contributed by atoms with Gasteiger partial charge in [-0.05, 0) is 44.4 Å². The minimum atomic E-state index is 0.691. The zero-order valence-corrected chi connectivity index (χ0v) is 16.2. The Bertz CT molecular complexity index is 351. The van der Waals surface area contributed by atoms with Crippen molar-refractivity contribution in [3.63, 3.8) is 0 Å². The van der Waals surface area contributed by atoms with Crippen LogP contribution in [0.4, 0.5) is 0 Å². The number of rotatable bonds is 10. The molecule has 0 spiro atoms. The lowest BCUT2D eigenvalue weighted by molar-refractivity contribution is 0.0205. The van der Waals surface area contributed by atoms with Crippen molar-refractivity contribution < 1.29 is 9.47 Å². The first-order valence-corrected chi connectivity index (χ1v) is 10.6. The molecule has 2 fully saturated rings. The maximum atomic E-state index is 5.81. The summed E-state index contributed by atoms with van der Waals surface area (Å²) in [5, 5.41) is 6.84. The molecule has 2 rings (SSSR count). The monoisotopic (exact) mass is 353 g/mol. The van der Waals surface area contributed by atoms with E-state index in [1.54, 1.807) is 0 Å². The topological polar surface area (TPSA) is 54.9 Å². The van der Waals surface area contributed by atoms with Gasteiger partial charge in [-0.2, -0.15) is 0 Å². The largest absolute Gasteiger partial charge is 0.381 e. The van der Waals surface area contributed by atoms with Crippen molar-refractivity contribution in [2.75, 3.05) is 46.1 Å². The van der Waals surface area contributed by atoms with Gasteiger partial charge in [0.15, 0.2) is 5.96 Å². The smallest absolute Gasteiger partial charge is 0.191 e. The molecule has 25 heavy (non-hydrogen) atoms. The predicted molar refractivity (Wildman–Crippen MR) is 104 cm³/mol. The van der Waals surface area contributed by atoms with Gasteiger partial charge in [-0.25, -0.2) is 0 Å². The molecule has 0 unspecified atom stereocenters. The second-order valence-corrected chi connectivity index (χ2v) is 7.46. The number of guanidine groups is 1. The number of aliphatic imine (C=N–C) groups is 1. The lowest BCUT2D eigenvalue weighted by Gasteiger charge is -2.22. The summed E-state index contributed by atoms with van der Waals surface area (Å²) in [5.41, 5.74) is 0. The van der Waals surface area contributed by atoms with Crippen molar-refractivity contribution in [3.8, 4) is 0 Å². The molecule has 5 heteroatoms. The molecule has 5 nitrogen and oxygen atoms in total. The number of hydrogen-bond donors (Lipinski definition) is 2. The molecule has 146 valence electrons. The van der Waals surface area contributed by atoms with Crippen LogP contribution in [0.25, 0.3) is 0 Å². The highest BCUT2D eigenvalue weighted by atomic mass is 16.5. The van der Waals surface area contributed by atoms with Crippen LogP contribution in [-0.4, -0.2) is 52.0 Å². The van der Waals surface area contributed by atoms with Crippen LogP contribution in [0, 0.1) is 11.8 Å². The van der Waals surface area contributed by atoms with Crippen molar-refractivity contribution in [1.82, 2.24) is 10.6 Å². The Morgan fingerprint density at radius 1 is 1.04 bits per heavy atom. The third kappa shape index (κ3) is 9.45. The molecular weight excluding hydrogens is 314 g/mol. The predicted octanol–water partition coefficient (Wildman–Crippen LogP) is 3.35. The van der Waals surface area contributed by atoms with Gasteiger partial charge in [0.1, 0.15) is 0 Å². The van der Waals surface area contributed by atoms with Crippen LogP contribution in [0.5, 0.6) is 0 Å². The van der Waals surface area contributed by atoms with Crippen LogP contribution < -0.4 is 10.6 Å². The van der Waals surface area contributed by atoms with Gasteiger partial charge in [-0.3, -0.25) is 4.99 Å². The average molecular weight is 354 g/mol. The molecule has 2 N–H and O–H groups in total. The minimum Gasteiger partial charge on any atom is -0.381 e. The Kier molecular flexibility index (Phi) is 11.0. The van der Waals surface area contributed by atoms with Gasteiger partial charge in [0, 0.05) is 46.1 Å². The highest BCUT2D eigenvalue weighted by molar-refractivity contribution is 5.79. The van der Waals surface area contributed by atoms with Gasteiger partial charge in [0.25, 0.3) is 0 Å². The second-order valence-electron chi connectivity index (χ2n) is 7.46. The number of ether oxygens (including phenoxy) is 2. The Labute approximate surface area is 154 Å². The summed E-state index contributed by atoms with van der Waals surface area (Å²) in [7, 11) is 0. The Morgan fingerprint density at radius 3 is 2.60 bits per heavy atom. The van der Waals surface area contributed by atoms with Gasteiger partial charge < -0.3 is 20.1 Å². The Balaban J connectivity index is 1.51. The lowest BCUT2D eigenvalue weighted by Crippen LogP contribution is -2.38.